The number of nitrogens with two attached hydrogens (primary N) is 1. The summed E-state index contributed by atoms with van der Waals surface area (Å²) in [7, 11) is 3.04. The second-order valence-electron chi connectivity index (χ2n) is 5.04. The van der Waals surface area contributed by atoms with Crippen LogP contribution in [0.3, 0.4) is 0 Å². The minimum absolute atomic E-state index is 0.181. The zero-order valence-electron chi connectivity index (χ0n) is 12.2. The van der Waals surface area contributed by atoms with Gasteiger partial charge in [-0.25, -0.2) is 4.79 Å². The van der Waals surface area contributed by atoms with Crippen molar-refractivity contribution in [1.82, 2.24) is 19.1 Å². The Kier molecular flexibility index (Phi) is 3.67. The molecular weight excluding hydrogens is 260 g/mol. The van der Waals surface area contributed by atoms with E-state index in [4.69, 9.17) is 5.73 Å². The average Bonchev–Trinajstić information content (AvgIpc) is 2.84. The lowest BCUT2D eigenvalue weighted by molar-refractivity contribution is 0.668. The summed E-state index contributed by atoms with van der Waals surface area (Å²) in [5, 5.41) is 0. The van der Waals surface area contributed by atoms with Crippen LogP contribution in [0.5, 0.6) is 0 Å². The average molecular weight is 280 g/mol. The second-order valence-corrected chi connectivity index (χ2v) is 5.04. The van der Waals surface area contributed by atoms with Crippen LogP contribution in [0.25, 0.3) is 11.2 Å². The van der Waals surface area contributed by atoms with Crippen LogP contribution in [0.15, 0.2) is 9.59 Å². The van der Waals surface area contributed by atoms with Crippen LogP contribution < -0.4 is 21.9 Å². The van der Waals surface area contributed by atoms with Crippen LogP contribution in [0, 0.1) is 0 Å². The molecule has 2 aromatic heterocycles. The van der Waals surface area contributed by atoms with Crippen molar-refractivity contribution < 1.29 is 0 Å². The molecule has 8 heteroatoms. The third-order valence-electron chi connectivity index (χ3n) is 3.35. The number of H-pyrrole nitrogens is 1. The Morgan fingerprint density at radius 3 is 2.50 bits per heavy atom. The summed E-state index contributed by atoms with van der Waals surface area (Å²) in [6.45, 7) is 5.12. The van der Waals surface area contributed by atoms with Crippen LogP contribution in [-0.4, -0.2) is 38.2 Å². The Hall–Kier alpha value is -2.09. The number of aromatic nitrogens is 4. The van der Waals surface area contributed by atoms with Gasteiger partial charge in [-0.2, -0.15) is 4.98 Å². The topological polar surface area (TPSA) is 102 Å². The molecule has 0 unspecified atom stereocenters. The molecule has 2 rings (SSSR count). The SMILES string of the molecule is CC(C)N(CCN)c1nc2c([nH]1)c(=O)n(C)c(=O)n2C. The van der Waals surface area contributed by atoms with Gasteiger partial charge in [0.2, 0.25) is 5.95 Å². The molecule has 0 saturated carbocycles. The zero-order chi connectivity index (χ0) is 15.0. The van der Waals surface area contributed by atoms with Gasteiger partial charge in [-0.3, -0.25) is 13.9 Å². The fourth-order valence-electron chi connectivity index (χ4n) is 2.20. The second kappa shape index (κ2) is 5.12. The standard InChI is InChI=1S/C12H20N6O2/c1-7(2)18(6-5-13)11-14-8-9(15-11)16(3)12(20)17(4)10(8)19/h7H,5-6,13H2,1-4H3,(H,14,15). The Labute approximate surface area is 115 Å². The first-order valence-electron chi connectivity index (χ1n) is 6.51. The molecular formula is C12H20N6O2. The first-order valence-corrected chi connectivity index (χ1v) is 6.51. The lowest BCUT2D eigenvalue weighted by atomic mass is 10.3. The van der Waals surface area contributed by atoms with Crippen molar-refractivity contribution in [3.05, 3.63) is 20.8 Å². The fraction of sp³-hybridized carbons (Fsp3) is 0.583. The molecule has 0 spiro atoms. The van der Waals surface area contributed by atoms with Crippen LogP contribution in [0.1, 0.15) is 13.8 Å². The van der Waals surface area contributed by atoms with Gasteiger partial charge in [0.1, 0.15) is 0 Å². The van der Waals surface area contributed by atoms with Crippen molar-refractivity contribution in [1.29, 1.82) is 0 Å². The Morgan fingerprint density at radius 2 is 1.95 bits per heavy atom. The zero-order valence-corrected chi connectivity index (χ0v) is 12.2. The van der Waals surface area contributed by atoms with E-state index >= 15 is 0 Å². The number of fused-ring (bicyclic) bond motifs is 1. The summed E-state index contributed by atoms with van der Waals surface area (Å²) < 4.78 is 2.42. The van der Waals surface area contributed by atoms with Gasteiger partial charge >= 0.3 is 5.69 Å². The summed E-state index contributed by atoms with van der Waals surface area (Å²) >= 11 is 0. The molecule has 20 heavy (non-hydrogen) atoms. The van der Waals surface area contributed by atoms with Gasteiger partial charge in [0, 0.05) is 33.2 Å². The van der Waals surface area contributed by atoms with E-state index in [2.05, 4.69) is 9.97 Å². The molecule has 0 aromatic carbocycles. The number of anilines is 1. The molecule has 0 aliphatic rings. The summed E-state index contributed by atoms with van der Waals surface area (Å²) in [5.41, 5.74) is 5.52. The van der Waals surface area contributed by atoms with Gasteiger partial charge in [0.05, 0.1) is 0 Å². The third-order valence-corrected chi connectivity index (χ3v) is 3.35. The number of hydrogen-bond donors (Lipinski definition) is 2. The fourth-order valence-corrected chi connectivity index (χ4v) is 2.20. The molecule has 110 valence electrons. The number of hydrogen-bond acceptors (Lipinski definition) is 5. The van der Waals surface area contributed by atoms with Crippen LogP contribution in [0.4, 0.5) is 5.95 Å². The van der Waals surface area contributed by atoms with E-state index in [-0.39, 0.29) is 11.6 Å². The van der Waals surface area contributed by atoms with Gasteiger partial charge in [-0.1, -0.05) is 0 Å². The summed E-state index contributed by atoms with van der Waals surface area (Å²) in [6.07, 6.45) is 0. The van der Waals surface area contributed by atoms with Crippen LogP contribution in [-0.2, 0) is 14.1 Å². The molecule has 0 radical (unpaired) electrons. The van der Waals surface area contributed by atoms with E-state index in [1.54, 1.807) is 7.05 Å². The number of imidazole rings is 1. The highest BCUT2D eigenvalue weighted by Crippen LogP contribution is 2.15. The van der Waals surface area contributed by atoms with Gasteiger partial charge in [0.25, 0.3) is 5.56 Å². The van der Waals surface area contributed by atoms with Crippen molar-refractivity contribution in [2.75, 3.05) is 18.0 Å². The van der Waals surface area contributed by atoms with E-state index < -0.39 is 5.69 Å². The highest BCUT2D eigenvalue weighted by molar-refractivity contribution is 5.73. The Bertz CT molecular complexity index is 739. The molecule has 8 nitrogen and oxygen atoms in total. The first kappa shape index (κ1) is 14.3. The Morgan fingerprint density at radius 1 is 1.30 bits per heavy atom. The summed E-state index contributed by atoms with van der Waals surface area (Å²) in [4.78, 5) is 33.3. The molecule has 0 aliphatic heterocycles. The Balaban J connectivity index is 2.71. The van der Waals surface area contributed by atoms with E-state index in [0.717, 1.165) is 4.57 Å². The van der Waals surface area contributed by atoms with Crippen LogP contribution in [0.2, 0.25) is 0 Å². The molecule has 0 saturated heterocycles. The lowest BCUT2D eigenvalue weighted by Gasteiger charge is -2.25. The molecule has 0 fully saturated rings. The van der Waals surface area contributed by atoms with E-state index in [1.165, 1.54) is 11.6 Å². The van der Waals surface area contributed by atoms with Gasteiger partial charge in [0.15, 0.2) is 11.2 Å². The molecule has 0 atom stereocenters. The highest BCUT2D eigenvalue weighted by atomic mass is 16.2. The van der Waals surface area contributed by atoms with Crippen molar-refractivity contribution >= 4 is 17.1 Å². The third kappa shape index (κ3) is 2.11. The molecule has 0 bridgehead atoms. The largest absolute Gasteiger partial charge is 0.339 e. The highest BCUT2D eigenvalue weighted by Gasteiger charge is 2.18. The maximum absolute atomic E-state index is 12.1. The molecule has 2 aromatic rings. The number of nitrogens with zero attached hydrogens (tertiary/aromatic N) is 4. The van der Waals surface area contributed by atoms with Gasteiger partial charge in [-0.05, 0) is 13.8 Å². The van der Waals surface area contributed by atoms with Crippen molar-refractivity contribution in [3.8, 4) is 0 Å². The van der Waals surface area contributed by atoms with E-state index in [1.807, 2.05) is 18.7 Å². The minimum Gasteiger partial charge on any atom is -0.339 e. The maximum atomic E-state index is 12.1. The number of nitrogens with one attached hydrogen (secondary N) is 1. The van der Waals surface area contributed by atoms with Crippen molar-refractivity contribution in [3.63, 3.8) is 0 Å². The lowest BCUT2D eigenvalue weighted by Crippen LogP contribution is -2.36. The quantitative estimate of drug-likeness (QED) is 0.758. The van der Waals surface area contributed by atoms with E-state index in [0.29, 0.717) is 30.2 Å². The van der Waals surface area contributed by atoms with Crippen molar-refractivity contribution in [2.45, 2.75) is 19.9 Å². The summed E-state index contributed by atoms with van der Waals surface area (Å²) in [5.74, 6) is 0.554. The van der Waals surface area contributed by atoms with Crippen molar-refractivity contribution in [2.24, 2.45) is 19.8 Å². The minimum atomic E-state index is -0.393. The normalized spacial score (nSPS) is 11.5. The first-order chi connectivity index (χ1) is 9.38. The van der Waals surface area contributed by atoms with Crippen LogP contribution >= 0.6 is 0 Å². The molecule has 2 heterocycles. The van der Waals surface area contributed by atoms with Gasteiger partial charge < -0.3 is 15.6 Å². The molecule has 0 aliphatic carbocycles. The summed E-state index contributed by atoms with van der Waals surface area (Å²) in [6, 6.07) is 0.181. The smallest absolute Gasteiger partial charge is 0.332 e. The molecule has 0 amide bonds. The number of aryl methyl sites for hydroxylation is 1. The van der Waals surface area contributed by atoms with E-state index in [9.17, 15) is 9.59 Å². The maximum Gasteiger partial charge on any atom is 0.332 e. The number of rotatable bonds is 4. The monoisotopic (exact) mass is 280 g/mol. The predicted molar refractivity (Wildman–Crippen MR) is 78.1 cm³/mol. The van der Waals surface area contributed by atoms with Gasteiger partial charge in [-0.15, -0.1) is 0 Å². The molecule has 3 N–H and O–H groups in total. The predicted octanol–water partition coefficient (Wildman–Crippen LogP) is -0.866. The number of aromatic amines is 1.